The molecular weight excluding hydrogens is 202 g/mol. The van der Waals surface area contributed by atoms with E-state index in [2.05, 4.69) is 0 Å². The minimum atomic E-state index is 0.0231. The van der Waals surface area contributed by atoms with Crippen LogP contribution in [0.5, 0.6) is 5.75 Å². The van der Waals surface area contributed by atoms with E-state index in [4.69, 9.17) is 16.3 Å². The molecule has 0 bridgehead atoms. The summed E-state index contributed by atoms with van der Waals surface area (Å²) >= 11 is 5.95. The molecule has 1 amide bonds. The highest BCUT2D eigenvalue weighted by molar-refractivity contribution is 6.32. The molecule has 0 saturated carbocycles. The number of carbonyl (C=O) groups excluding carboxylic acids is 1. The molecule has 3 nitrogen and oxygen atoms in total. The van der Waals surface area contributed by atoms with Crippen molar-refractivity contribution in [3.63, 3.8) is 0 Å². The van der Waals surface area contributed by atoms with E-state index in [9.17, 15) is 4.79 Å². The Hall–Kier alpha value is -1.22. The molecule has 1 aromatic rings. The molecule has 2 rings (SSSR count). The third-order valence-electron chi connectivity index (χ3n) is 2.36. The van der Waals surface area contributed by atoms with Crippen LogP contribution in [0.1, 0.15) is 15.9 Å². The first-order valence-electron chi connectivity index (χ1n) is 4.25. The molecule has 0 atom stereocenters. The highest BCUT2D eigenvalue weighted by Crippen LogP contribution is 2.32. The van der Waals surface area contributed by atoms with Crippen LogP contribution >= 0.6 is 11.6 Å². The minimum Gasteiger partial charge on any atom is -0.495 e. The van der Waals surface area contributed by atoms with E-state index in [0.717, 1.165) is 5.56 Å². The van der Waals surface area contributed by atoms with Crippen LogP contribution in [0.2, 0.25) is 5.02 Å². The van der Waals surface area contributed by atoms with Crippen LogP contribution in [0.15, 0.2) is 12.1 Å². The van der Waals surface area contributed by atoms with Crippen molar-refractivity contribution in [2.24, 2.45) is 0 Å². The highest BCUT2D eigenvalue weighted by Gasteiger charge is 2.25. The minimum absolute atomic E-state index is 0.0231. The third-order valence-corrected chi connectivity index (χ3v) is 2.66. The Morgan fingerprint density at radius 2 is 2.21 bits per heavy atom. The van der Waals surface area contributed by atoms with E-state index < -0.39 is 0 Å². The Bertz CT molecular complexity index is 403. The Labute approximate surface area is 87.2 Å². The molecule has 1 heterocycles. The van der Waals surface area contributed by atoms with Gasteiger partial charge in [0, 0.05) is 19.2 Å². The van der Waals surface area contributed by atoms with Crippen LogP contribution in [0.4, 0.5) is 0 Å². The van der Waals surface area contributed by atoms with Gasteiger partial charge < -0.3 is 9.64 Å². The largest absolute Gasteiger partial charge is 0.495 e. The molecular formula is C10H10ClNO2. The molecule has 0 unspecified atom stereocenters. The van der Waals surface area contributed by atoms with Crippen LogP contribution < -0.4 is 4.74 Å². The quantitative estimate of drug-likeness (QED) is 0.711. The summed E-state index contributed by atoms with van der Waals surface area (Å²) in [6, 6.07) is 3.49. The molecule has 0 aromatic heterocycles. The van der Waals surface area contributed by atoms with Crippen molar-refractivity contribution in [2.45, 2.75) is 6.54 Å². The standard InChI is InChI=1S/C10H10ClNO2/c1-12-5-6-3-8(11)9(14-2)4-7(6)10(12)13/h3-4H,5H2,1-2H3. The second-order valence-corrected chi connectivity index (χ2v) is 3.71. The number of halogens is 1. The Kier molecular flexibility index (Phi) is 2.11. The van der Waals surface area contributed by atoms with E-state index in [0.29, 0.717) is 22.9 Å². The molecule has 0 saturated heterocycles. The summed E-state index contributed by atoms with van der Waals surface area (Å²) in [7, 11) is 3.31. The van der Waals surface area contributed by atoms with Crippen LogP contribution in [0, 0.1) is 0 Å². The second kappa shape index (κ2) is 3.17. The highest BCUT2D eigenvalue weighted by atomic mass is 35.5. The molecule has 1 aromatic carbocycles. The normalized spacial score (nSPS) is 14.5. The summed E-state index contributed by atoms with van der Waals surface area (Å²) in [5.41, 5.74) is 1.65. The molecule has 0 fully saturated rings. The fourth-order valence-corrected chi connectivity index (χ4v) is 1.88. The number of nitrogens with zero attached hydrogens (tertiary/aromatic N) is 1. The predicted octanol–water partition coefficient (Wildman–Crippen LogP) is 1.93. The van der Waals surface area contributed by atoms with Gasteiger partial charge in [0.05, 0.1) is 12.1 Å². The molecule has 4 heteroatoms. The van der Waals surface area contributed by atoms with Gasteiger partial charge in [0.2, 0.25) is 0 Å². The second-order valence-electron chi connectivity index (χ2n) is 3.31. The monoisotopic (exact) mass is 211 g/mol. The van der Waals surface area contributed by atoms with Crippen molar-refractivity contribution in [3.05, 3.63) is 28.3 Å². The molecule has 74 valence electrons. The topological polar surface area (TPSA) is 29.5 Å². The van der Waals surface area contributed by atoms with Gasteiger partial charge in [-0.05, 0) is 17.7 Å². The van der Waals surface area contributed by atoms with Crippen LogP contribution in [0.3, 0.4) is 0 Å². The zero-order valence-corrected chi connectivity index (χ0v) is 8.76. The molecule has 0 aliphatic carbocycles. The predicted molar refractivity (Wildman–Crippen MR) is 53.8 cm³/mol. The number of methoxy groups -OCH3 is 1. The fraction of sp³-hybridized carbons (Fsp3) is 0.300. The Morgan fingerprint density at radius 1 is 1.50 bits per heavy atom. The average molecular weight is 212 g/mol. The van der Waals surface area contributed by atoms with Crippen molar-refractivity contribution < 1.29 is 9.53 Å². The van der Waals surface area contributed by atoms with Crippen molar-refractivity contribution in [2.75, 3.05) is 14.2 Å². The van der Waals surface area contributed by atoms with E-state index in [-0.39, 0.29) is 5.91 Å². The van der Waals surface area contributed by atoms with Crippen molar-refractivity contribution in [3.8, 4) is 5.75 Å². The summed E-state index contributed by atoms with van der Waals surface area (Å²) in [6.45, 7) is 0.623. The van der Waals surface area contributed by atoms with E-state index >= 15 is 0 Å². The zero-order chi connectivity index (χ0) is 10.3. The van der Waals surface area contributed by atoms with Gasteiger partial charge in [-0.1, -0.05) is 11.6 Å². The number of benzene rings is 1. The molecule has 1 aliphatic rings. The molecule has 1 aliphatic heterocycles. The van der Waals surface area contributed by atoms with Gasteiger partial charge in [0.25, 0.3) is 5.91 Å². The Balaban J connectivity index is 2.55. The van der Waals surface area contributed by atoms with Crippen LogP contribution in [-0.4, -0.2) is 25.0 Å². The summed E-state index contributed by atoms with van der Waals surface area (Å²) < 4.78 is 5.05. The lowest BCUT2D eigenvalue weighted by atomic mass is 10.1. The van der Waals surface area contributed by atoms with Gasteiger partial charge in [0.15, 0.2) is 0 Å². The number of ether oxygens (including phenoxy) is 1. The lowest BCUT2D eigenvalue weighted by Gasteiger charge is -2.04. The number of carbonyl (C=O) groups is 1. The first-order valence-corrected chi connectivity index (χ1v) is 4.63. The number of hydrogen-bond acceptors (Lipinski definition) is 2. The van der Waals surface area contributed by atoms with Gasteiger partial charge >= 0.3 is 0 Å². The average Bonchev–Trinajstić information content (AvgIpc) is 2.41. The maximum Gasteiger partial charge on any atom is 0.254 e. The lowest BCUT2D eigenvalue weighted by Crippen LogP contribution is -2.17. The lowest BCUT2D eigenvalue weighted by molar-refractivity contribution is 0.0816. The summed E-state index contributed by atoms with van der Waals surface area (Å²) in [6.07, 6.45) is 0. The number of hydrogen-bond donors (Lipinski definition) is 0. The van der Waals surface area contributed by atoms with Crippen molar-refractivity contribution >= 4 is 17.5 Å². The smallest absolute Gasteiger partial charge is 0.254 e. The Morgan fingerprint density at radius 3 is 2.86 bits per heavy atom. The van der Waals surface area contributed by atoms with Gasteiger partial charge in [0.1, 0.15) is 5.75 Å². The maximum absolute atomic E-state index is 11.6. The van der Waals surface area contributed by atoms with Gasteiger partial charge in [-0.2, -0.15) is 0 Å². The molecule has 14 heavy (non-hydrogen) atoms. The van der Waals surface area contributed by atoms with E-state index in [1.54, 1.807) is 24.1 Å². The molecule has 0 spiro atoms. The number of rotatable bonds is 1. The van der Waals surface area contributed by atoms with Gasteiger partial charge in [-0.3, -0.25) is 4.79 Å². The number of amides is 1. The summed E-state index contributed by atoms with van der Waals surface area (Å²) in [4.78, 5) is 13.3. The number of fused-ring (bicyclic) bond motifs is 1. The zero-order valence-electron chi connectivity index (χ0n) is 8.00. The first kappa shape index (κ1) is 9.34. The van der Waals surface area contributed by atoms with Crippen molar-refractivity contribution in [1.82, 2.24) is 4.90 Å². The SMILES string of the molecule is COc1cc2c(cc1Cl)CN(C)C2=O. The van der Waals surface area contributed by atoms with E-state index in [1.807, 2.05) is 0 Å². The molecule has 0 N–H and O–H groups in total. The van der Waals surface area contributed by atoms with Gasteiger partial charge in [-0.15, -0.1) is 0 Å². The van der Waals surface area contributed by atoms with E-state index in [1.165, 1.54) is 7.11 Å². The van der Waals surface area contributed by atoms with Gasteiger partial charge in [-0.25, -0.2) is 0 Å². The van der Waals surface area contributed by atoms with Crippen LogP contribution in [0.25, 0.3) is 0 Å². The van der Waals surface area contributed by atoms with Crippen molar-refractivity contribution in [1.29, 1.82) is 0 Å². The first-order chi connectivity index (χ1) is 6.63. The third kappa shape index (κ3) is 1.24. The summed E-state index contributed by atoms with van der Waals surface area (Å²) in [5, 5.41) is 0.550. The van der Waals surface area contributed by atoms with Crippen LogP contribution in [-0.2, 0) is 6.54 Å². The fourth-order valence-electron chi connectivity index (χ4n) is 1.61. The summed E-state index contributed by atoms with van der Waals surface area (Å²) in [5.74, 6) is 0.573. The maximum atomic E-state index is 11.6. The molecule has 0 radical (unpaired) electrons.